The number of ether oxygens (including phenoxy) is 2. The van der Waals surface area contributed by atoms with Crippen LogP contribution < -0.4 is 10.6 Å². The van der Waals surface area contributed by atoms with E-state index in [0.717, 1.165) is 0 Å². The Morgan fingerprint density at radius 1 is 0.654 bits per heavy atom. The molecule has 2 fully saturated rings. The number of carbonyl (C=O) groups is 2. The molecule has 2 N–H and O–H groups in total. The van der Waals surface area contributed by atoms with E-state index in [9.17, 15) is 9.59 Å². The molecule has 0 unspecified atom stereocenters. The smallest absolute Gasteiger partial charge is 0.194 e. The van der Waals surface area contributed by atoms with Crippen molar-refractivity contribution in [3.63, 3.8) is 0 Å². The molecule has 0 amide bonds. The first-order chi connectivity index (χ1) is 11.7. The summed E-state index contributed by atoms with van der Waals surface area (Å²) in [5.74, 6) is 0.00511. The van der Waals surface area contributed by atoms with Gasteiger partial charge in [0.15, 0.2) is 11.6 Å². The van der Waals surface area contributed by atoms with E-state index < -0.39 is 22.4 Å². The molecule has 0 bridgehead atoms. The standard InChI is InChI=1S/C20H32N2O4/c1-17(2)13(15(23)19(5,6)25-17)11-21-9-10-22-12-14-16(24)20(7,8)26-18(14,3)4/h11-12,21-22H,9-10H2,1-8H3/b13-11+,14-12?. The second-order valence-electron chi connectivity index (χ2n) is 8.93. The van der Waals surface area contributed by atoms with Crippen molar-refractivity contribution >= 4 is 11.6 Å². The van der Waals surface area contributed by atoms with Crippen LogP contribution in [0.4, 0.5) is 0 Å². The SMILES string of the molecule is CC1(C)OC(C)(C)C(=CNCCN/C=C2\C(=O)C(C)(C)OC2(C)C)C1=O. The molecule has 6 nitrogen and oxygen atoms in total. The van der Waals surface area contributed by atoms with Gasteiger partial charge in [-0.3, -0.25) is 9.59 Å². The van der Waals surface area contributed by atoms with E-state index in [-0.39, 0.29) is 11.6 Å². The molecule has 0 spiro atoms. The predicted octanol–water partition coefficient (Wildman–Crippen LogP) is 2.25. The molecule has 0 atom stereocenters. The van der Waals surface area contributed by atoms with Gasteiger partial charge in [-0.2, -0.15) is 0 Å². The van der Waals surface area contributed by atoms with Crippen molar-refractivity contribution in [2.45, 2.75) is 77.8 Å². The molecule has 0 saturated carbocycles. The molecular formula is C20H32N2O4. The fourth-order valence-corrected chi connectivity index (χ4v) is 3.65. The number of nitrogens with one attached hydrogen (secondary N) is 2. The zero-order valence-corrected chi connectivity index (χ0v) is 17.2. The van der Waals surface area contributed by atoms with E-state index in [1.807, 2.05) is 27.7 Å². The van der Waals surface area contributed by atoms with Crippen LogP contribution in [0.25, 0.3) is 0 Å². The van der Waals surface area contributed by atoms with Crippen molar-refractivity contribution in [1.29, 1.82) is 0 Å². The lowest BCUT2D eigenvalue weighted by Crippen LogP contribution is -2.29. The summed E-state index contributed by atoms with van der Waals surface area (Å²) >= 11 is 0. The number of rotatable bonds is 5. The average Bonchev–Trinajstić information content (AvgIpc) is 2.71. The molecule has 0 aromatic rings. The van der Waals surface area contributed by atoms with Gasteiger partial charge in [-0.25, -0.2) is 0 Å². The minimum atomic E-state index is -0.791. The molecule has 2 rings (SSSR count). The molecule has 6 heteroatoms. The van der Waals surface area contributed by atoms with E-state index in [1.165, 1.54) is 0 Å². The minimum absolute atomic E-state index is 0.00255. The monoisotopic (exact) mass is 364 g/mol. The summed E-state index contributed by atoms with van der Waals surface area (Å²) in [6.07, 6.45) is 3.48. The van der Waals surface area contributed by atoms with Gasteiger partial charge >= 0.3 is 0 Å². The lowest BCUT2D eigenvalue weighted by Gasteiger charge is -2.22. The number of ketones is 2. The van der Waals surface area contributed by atoms with Gasteiger partial charge in [0, 0.05) is 36.6 Å². The average molecular weight is 364 g/mol. The Labute approximate surface area is 156 Å². The van der Waals surface area contributed by atoms with Crippen LogP contribution in [0.5, 0.6) is 0 Å². The van der Waals surface area contributed by atoms with Crippen molar-refractivity contribution in [2.24, 2.45) is 0 Å². The summed E-state index contributed by atoms with van der Waals surface area (Å²) in [5.41, 5.74) is -1.51. The molecule has 2 saturated heterocycles. The first-order valence-corrected chi connectivity index (χ1v) is 9.09. The minimum Gasteiger partial charge on any atom is -0.389 e. The van der Waals surface area contributed by atoms with Gasteiger partial charge in [-0.05, 0) is 55.4 Å². The van der Waals surface area contributed by atoms with Crippen LogP contribution in [-0.2, 0) is 19.1 Å². The molecular weight excluding hydrogens is 332 g/mol. The second-order valence-corrected chi connectivity index (χ2v) is 8.93. The second kappa shape index (κ2) is 6.50. The lowest BCUT2D eigenvalue weighted by atomic mass is 9.93. The van der Waals surface area contributed by atoms with Gasteiger partial charge in [0.25, 0.3) is 0 Å². The summed E-state index contributed by atoms with van der Waals surface area (Å²) in [7, 11) is 0. The van der Waals surface area contributed by atoms with Crippen molar-refractivity contribution in [1.82, 2.24) is 10.6 Å². The summed E-state index contributed by atoms with van der Waals surface area (Å²) in [4.78, 5) is 24.8. The van der Waals surface area contributed by atoms with Gasteiger partial charge < -0.3 is 20.1 Å². The highest BCUT2D eigenvalue weighted by Crippen LogP contribution is 2.39. The predicted molar refractivity (Wildman–Crippen MR) is 101 cm³/mol. The third-order valence-electron chi connectivity index (χ3n) is 4.81. The summed E-state index contributed by atoms with van der Waals surface area (Å²) in [6, 6.07) is 0. The fourth-order valence-electron chi connectivity index (χ4n) is 3.65. The Morgan fingerprint density at radius 2 is 0.962 bits per heavy atom. The Kier molecular flexibility index (Phi) is 5.16. The molecule has 2 aliphatic rings. The normalized spacial score (nSPS) is 28.8. The molecule has 0 aromatic heterocycles. The first-order valence-electron chi connectivity index (χ1n) is 9.09. The Bertz CT molecular complexity index is 611. The van der Waals surface area contributed by atoms with E-state index in [4.69, 9.17) is 9.47 Å². The van der Waals surface area contributed by atoms with Crippen LogP contribution >= 0.6 is 0 Å². The third kappa shape index (κ3) is 3.86. The highest BCUT2D eigenvalue weighted by Gasteiger charge is 2.50. The summed E-state index contributed by atoms with van der Waals surface area (Å²) in [5, 5.41) is 6.31. The topological polar surface area (TPSA) is 76.7 Å². The van der Waals surface area contributed by atoms with Crippen LogP contribution in [0.3, 0.4) is 0 Å². The molecule has 146 valence electrons. The van der Waals surface area contributed by atoms with Crippen molar-refractivity contribution < 1.29 is 19.1 Å². The van der Waals surface area contributed by atoms with Crippen molar-refractivity contribution in [3.05, 3.63) is 23.5 Å². The molecule has 2 aliphatic heterocycles. The maximum absolute atomic E-state index is 12.4. The molecule has 0 radical (unpaired) electrons. The van der Waals surface area contributed by atoms with Crippen molar-refractivity contribution in [3.8, 4) is 0 Å². The lowest BCUT2D eigenvalue weighted by molar-refractivity contribution is -0.132. The van der Waals surface area contributed by atoms with Gasteiger partial charge in [0.2, 0.25) is 0 Å². The largest absolute Gasteiger partial charge is 0.389 e. The number of carbonyl (C=O) groups excluding carboxylic acids is 2. The van der Waals surface area contributed by atoms with E-state index in [2.05, 4.69) is 10.6 Å². The summed E-state index contributed by atoms with van der Waals surface area (Å²) in [6.45, 7) is 15.9. The molecule has 0 aromatic carbocycles. The summed E-state index contributed by atoms with van der Waals surface area (Å²) < 4.78 is 11.7. The quantitative estimate of drug-likeness (QED) is 0.576. The fraction of sp³-hybridized carbons (Fsp3) is 0.700. The van der Waals surface area contributed by atoms with Gasteiger partial charge in [0.1, 0.15) is 11.2 Å². The van der Waals surface area contributed by atoms with Crippen LogP contribution in [-0.4, -0.2) is 47.1 Å². The highest BCUT2D eigenvalue weighted by molar-refractivity contribution is 6.05. The third-order valence-corrected chi connectivity index (χ3v) is 4.81. The maximum Gasteiger partial charge on any atom is 0.194 e. The van der Waals surface area contributed by atoms with Crippen LogP contribution in [0, 0.1) is 0 Å². The van der Waals surface area contributed by atoms with Crippen LogP contribution in [0.1, 0.15) is 55.4 Å². The highest BCUT2D eigenvalue weighted by atomic mass is 16.5. The van der Waals surface area contributed by atoms with Gasteiger partial charge in [-0.1, -0.05) is 0 Å². The van der Waals surface area contributed by atoms with E-state index >= 15 is 0 Å². The van der Waals surface area contributed by atoms with Crippen LogP contribution in [0.2, 0.25) is 0 Å². The maximum atomic E-state index is 12.4. The van der Waals surface area contributed by atoms with Crippen molar-refractivity contribution in [2.75, 3.05) is 13.1 Å². The Morgan fingerprint density at radius 3 is 1.19 bits per heavy atom. The van der Waals surface area contributed by atoms with Crippen LogP contribution in [0.15, 0.2) is 23.5 Å². The molecule has 26 heavy (non-hydrogen) atoms. The van der Waals surface area contributed by atoms with Gasteiger partial charge in [0.05, 0.1) is 11.2 Å². The van der Waals surface area contributed by atoms with E-state index in [1.54, 1.807) is 40.1 Å². The molecule has 0 aliphatic carbocycles. The zero-order chi connectivity index (χ0) is 20.0. The Hall–Kier alpha value is -1.66. The molecule has 2 heterocycles. The number of hydrogen-bond acceptors (Lipinski definition) is 6. The zero-order valence-electron chi connectivity index (χ0n) is 17.2. The number of Topliss-reactive ketones (excluding diaryl/α,β-unsaturated/α-hetero) is 2. The number of hydrogen-bond donors (Lipinski definition) is 2. The Balaban J connectivity index is 1.90. The van der Waals surface area contributed by atoms with Gasteiger partial charge in [-0.15, -0.1) is 0 Å². The van der Waals surface area contributed by atoms with E-state index in [0.29, 0.717) is 24.2 Å². The first kappa shape index (κ1) is 20.6.